The van der Waals surface area contributed by atoms with E-state index in [1.54, 1.807) is 0 Å². The third kappa shape index (κ3) is 6.74. The minimum Gasteiger partial charge on any atom is -0.491 e. The van der Waals surface area contributed by atoms with Crippen LogP contribution >= 0.6 is 0 Å². The van der Waals surface area contributed by atoms with Gasteiger partial charge in [0.2, 0.25) is 0 Å². The quantitative estimate of drug-likeness (QED) is 0.490. The lowest BCUT2D eigenvalue weighted by molar-refractivity contribution is 0.104. The van der Waals surface area contributed by atoms with Gasteiger partial charge in [0.15, 0.2) is 0 Å². The zero-order valence-corrected chi connectivity index (χ0v) is 17.4. The molecule has 0 aliphatic carbocycles. The van der Waals surface area contributed by atoms with Gasteiger partial charge in [0.25, 0.3) is 0 Å². The average Bonchev–Trinajstić information content (AvgIpc) is 2.75. The van der Waals surface area contributed by atoms with Crippen molar-refractivity contribution in [3.63, 3.8) is 0 Å². The zero-order chi connectivity index (χ0) is 20.5. The standard InChI is InChI=1S/C26H31NO2/c1-3-21(2)29-25-16-10-15-24(17-25)26(28)20-27(18-22-11-6-4-7-12-22)19-23-13-8-5-9-14-23/h4-17,21,26,28H,3,18-20H2,1-2H3/t21-,26-/m1/s1. The molecule has 1 N–H and O–H groups in total. The van der Waals surface area contributed by atoms with Gasteiger partial charge in [0.1, 0.15) is 5.75 Å². The molecule has 0 saturated carbocycles. The largest absolute Gasteiger partial charge is 0.491 e. The Morgan fingerprint density at radius 2 is 1.41 bits per heavy atom. The molecule has 0 aromatic heterocycles. The van der Waals surface area contributed by atoms with E-state index < -0.39 is 6.10 Å². The fourth-order valence-electron chi connectivity index (χ4n) is 3.33. The fraction of sp³-hybridized carbons (Fsp3) is 0.308. The molecule has 29 heavy (non-hydrogen) atoms. The molecule has 0 aliphatic rings. The van der Waals surface area contributed by atoms with Crippen molar-refractivity contribution in [2.24, 2.45) is 0 Å². The van der Waals surface area contributed by atoms with E-state index in [2.05, 4.69) is 67.3 Å². The van der Waals surface area contributed by atoms with E-state index in [1.807, 2.05) is 36.4 Å². The Morgan fingerprint density at radius 3 is 1.97 bits per heavy atom. The summed E-state index contributed by atoms with van der Waals surface area (Å²) in [5, 5.41) is 11.0. The first kappa shape index (κ1) is 21.1. The molecule has 0 spiro atoms. The Balaban J connectivity index is 1.73. The first-order valence-corrected chi connectivity index (χ1v) is 10.4. The topological polar surface area (TPSA) is 32.7 Å². The Hall–Kier alpha value is -2.62. The maximum absolute atomic E-state index is 11.0. The van der Waals surface area contributed by atoms with E-state index in [-0.39, 0.29) is 6.10 Å². The summed E-state index contributed by atoms with van der Waals surface area (Å²) in [6.45, 7) is 6.29. The molecule has 3 nitrogen and oxygen atoms in total. The lowest BCUT2D eigenvalue weighted by atomic mass is 10.1. The zero-order valence-electron chi connectivity index (χ0n) is 17.4. The van der Waals surface area contributed by atoms with Crippen LogP contribution in [0.25, 0.3) is 0 Å². The molecule has 0 amide bonds. The number of aliphatic hydroxyl groups is 1. The van der Waals surface area contributed by atoms with Gasteiger partial charge in [-0.15, -0.1) is 0 Å². The summed E-state index contributed by atoms with van der Waals surface area (Å²) in [4.78, 5) is 2.29. The second-order valence-corrected chi connectivity index (χ2v) is 7.57. The number of ether oxygens (including phenoxy) is 1. The van der Waals surface area contributed by atoms with Crippen LogP contribution < -0.4 is 4.74 Å². The highest BCUT2D eigenvalue weighted by atomic mass is 16.5. The van der Waals surface area contributed by atoms with Crippen molar-refractivity contribution in [1.29, 1.82) is 0 Å². The average molecular weight is 390 g/mol. The number of hydrogen-bond acceptors (Lipinski definition) is 3. The number of aliphatic hydroxyl groups excluding tert-OH is 1. The van der Waals surface area contributed by atoms with Crippen LogP contribution in [-0.4, -0.2) is 22.7 Å². The highest BCUT2D eigenvalue weighted by Crippen LogP contribution is 2.23. The van der Waals surface area contributed by atoms with Crippen molar-refractivity contribution in [2.75, 3.05) is 6.54 Å². The molecular formula is C26H31NO2. The van der Waals surface area contributed by atoms with E-state index in [4.69, 9.17) is 4.74 Å². The van der Waals surface area contributed by atoms with Crippen LogP contribution in [0.4, 0.5) is 0 Å². The maximum atomic E-state index is 11.0. The number of benzene rings is 3. The summed E-state index contributed by atoms with van der Waals surface area (Å²) in [7, 11) is 0. The number of hydrogen-bond donors (Lipinski definition) is 1. The molecule has 0 fully saturated rings. The molecule has 0 radical (unpaired) electrons. The molecule has 0 saturated heterocycles. The summed E-state index contributed by atoms with van der Waals surface area (Å²) in [5.41, 5.74) is 3.37. The van der Waals surface area contributed by atoms with Crippen LogP contribution in [0, 0.1) is 0 Å². The first-order valence-electron chi connectivity index (χ1n) is 10.4. The SMILES string of the molecule is CC[C@@H](C)Oc1cccc([C@H](O)CN(Cc2ccccc2)Cc2ccccc2)c1. The Morgan fingerprint density at radius 1 is 0.828 bits per heavy atom. The normalized spacial score (nSPS) is 13.2. The second kappa shape index (κ2) is 10.8. The van der Waals surface area contributed by atoms with Gasteiger partial charge in [-0.25, -0.2) is 0 Å². The van der Waals surface area contributed by atoms with Crippen molar-refractivity contribution in [3.05, 3.63) is 102 Å². The van der Waals surface area contributed by atoms with Crippen LogP contribution in [0.1, 0.15) is 43.1 Å². The fourth-order valence-corrected chi connectivity index (χ4v) is 3.33. The summed E-state index contributed by atoms with van der Waals surface area (Å²) >= 11 is 0. The Kier molecular flexibility index (Phi) is 7.85. The van der Waals surface area contributed by atoms with Crippen molar-refractivity contribution in [2.45, 2.75) is 45.6 Å². The van der Waals surface area contributed by atoms with Gasteiger partial charge in [-0.1, -0.05) is 79.7 Å². The van der Waals surface area contributed by atoms with Crippen LogP contribution in [0.15, 0.2) is 84.9 Å². The first-order chi connectivity index (χ1) is 14.1. The molecular weight excluding hydrogens is 358 g/mol. The molecule has 0 aliphatic heterocycles. The smallest absolute Gasteiger partial charge is 0.120 e. The summed E-state index contributed by atoms with van der Waals surface area (Å²) in [6, 6.07) is 28.6. The molecule has 0 unspecified atom stereocenters. The van der Waals surface area contributed by atoms with Crippen molar-refractivity contribution in [1.82, 2.24) is 4.90 Å². The van der Waals surface area contributed by atoms with Gasteiger partial charge in [-0.2, -0.15) is 0 Å². The second-order valence-electron chi connectivity index (χ2n) is 7.57. The van der Waals surface area contributed by atoms with Crippen molar-refractivity contribution < 1.29 is 9.84 Å². The highest BCUT2D eigenvalue weighted by molar-refractivity contribution is 5.30. The van der Waals surface area contributed by atoms with Gasteiger partial charge in [0, 0.05) is 19.6 Å². The third-order valence-electron chi connectivity index (χ3n) is 5.08. The monoisotopic (exact) mass is 389 g/mol. The number of nitrogens with zero attached hydrogens (tertiary/aromatic N) is 1. The van der Waals surface area contributed by atoms with Crippen LogP contribution in [0.3, 0.4) is 0 Å². The lowest BCUT2D eigenvalue weighted by Gasteiger charge is -2.26. The Bertz CT molecular complexity index is 809. The molecule has 2 atom stereocenters. The maximum Gasteiger partial charge on any atom is 0.120 e. The van der Waals surface area contributed by atoms with E-state index in [0.717, 1.165) is 30.8 Å². The van der Waals surface area contributed by atoms with Crippen molar-refractivity contribution >= 4 is 0 Å². The predicted molar refractivity (Wildman–Crippen MR) is 119 cm³/mol. The molecule has 3 rings (SSSR count). The Labute approximate surface area is 174 Å². The molecule has 152 valence electrons. The molecule has 3 heteroatoms. The van der Waals surface area contributed by atoms with E-state index in [1.165, 1.54) is 11.1 Å². The minimum atomic E-state index is -0.581. The summed E-state index contributed by atoms with van der Waals surface area (Å²) in [6.07, 6.45) is 0.535. The van der Waals surface area contributed by atoms with Crippen molar-refractivity contribution in [3.8, 4) is 5.75 Å². The van der Waals surface area contributed by atoms with Gasteiger partial charge in [-0.3, -0.25) is 4.90 Å². The van der Waals surface area contributed by atoms with E-state index in [0.29, 0.717) is 6.54 Å². The van der Waals surface area contributed by atoms with Gasteiger partial charge < -0.3 is 9.84 Å². The van der Waals surface area contributed by atoms with E-state index in [9.17, 15) is 5.11 Å². The third-order valence-corrected chi connectivity index (χ3v) is 5.08. The van der Waals surface area contributed by atoms with Gasteiger partial charge in [0.05, 0.1) is 12.2 Å². The van der Waals surface area contributed by atoms with Crippen LogP contribution in [-0.2, 0) is 13.1 Å². The summed E-state index contributed by atoms with van der Waals surface area (Å²) in [5.74, 6) is 0.813. The molecule has 3 aromatic carbocycles. The summed E-state index contributed by atoms with van der Waals surface area (Å²) < 4.78 is 5.93. The lowest BCUT2D eigenvalue weighted by Crippen LogP contribution is -2.28. The number of rotatable bonds is 10. The van der Waals surface area contributed by atoms with Gasteiger partial charge in [-0.05, 0) is 42.2 Å². The van der Waals surface area contributed by atoms with E-state index >= 15 is 0 Å². The predicted octanol–water partition coefficient (Wildman–Crippen LogP) is 5.60. The molecule has 0 heterocycles. The minimum absolute atomic E-state index is 0.162. The van der Waals surface area contributed by atoms with Crippen LogP contribution in [0.5, 0.6) is 5.75 Å². The molecule has 3 aromatic rings. The molecule has 0 bridgehead atoms. The van der Waals surface area contributed by atoms with Gasteiger partial charge >= 0.3 is 0 Å². The van der Waals surface area contributed by atoms with Crippen LogP contribution in [0.2, 0.25) is 0 Å². The highest BCUT2D eigenvalue weighted by Gasteiger charge is 2.16.